The molecule has 2 amide bonds. The number of hydrogen-bond acceptors (Lipinski definition) is 8. The van der Waals surface area contributed by atoms with Gasteiger partial charge in [-0.2, -0.15) is 0 Å². The van der Waals surface area contributed by atoms with E-state index in [4.69, 9.17) is 42.6 Å². The van der Waals surface area contributed by atoms with Crippen LogP contribution in [0.1, 0.15) is 72.9 Å². The molecule has 2 aromatic heterocycles. The van der Waals surface area contributed by atoms with Crippen molar-refractivity contribution in [3.8, 4) is 45.4 Å². The molecule has 4 heterocycles. The number of aryl methyl sites for hydroxylation is 2. The number of pyridine rings is 2. The van der Waals surface area contributed by atoms with Gasteiger partial charge >= 0.3 is 0 Å². The van der Waals surface area contributed by atoms with Crippen LogP contribution in [-0.2, 0) is 22.4 Å². The fourth-order valence-corrected chi connectivity index (χ4v) is 8.96. The topological polar surface area (TPSA) is 126 Å². The van der Waals surface area contributed by atoms with Gasteiger partial charge in [0.25, 0.3) is 0 Å². The van der Waals surface area contributed by atoms with Gasteiger partial charge < -0.3 is 30.7 Å². The van der Waals surface area contributed by atoms with Gasteiger partial charge in [-0.3, -0.25) is 9.59 Å². The van der Waals surface area contributed by atoms with Gasteiger partial charge in [0.05, 0.1) is 35.7 Å². The Bertz CT molecular complexity index is 1910. The Hall–Kier alpha value is -4.22. The van der Waals surface area contributed by atoms with Gasteiger partial charge in [-0.25, -0.2) is 9.97 Å². The van der Waals surface area contributed by atoms with Crippen molar-refractivity contribution in [1.29, 1.82) is 0 Å². The van der Waals surface area contributed by atoms with Gasteiger partial charge in [0, 0.05) is 83.5 Å². The molecular formula is C40H42Cl2N6O4. The number of ether oxygens (including phenoxy) is 2. The van der Waals surface area contributed by atoms with Gasteiger partial charge in [0.2, 0.25) is 23.6 Å². The molecule has 1 unspecified atom stereocenters. The lowest BCUT2D eigenvalue weighted by Crippen LogP contribution is -2.37. The van der Waals surface area contributed by atoms with Gasteiger partial charge in [-0.05, 0) is 61.8 Å². The molecule has 0 radical (unpaired) electrons. The van der Waals surface area contributed by atoms with Gasteiger partial charge in [0.1, 0.15) is 0 Å². The summed E-state index contributed by atoms with van der Waals surface area (Å²) in [6, 6.07) is 16.6. The predicted molar refractivity (Wildman–Crippen MR) is 202 cm³/mol. The number of halogens is 2. The number of fused-ring (bicyclic) bond motifs is 2. The van der Waals surface area contributed by atoms with Crippen LogP contribution in [0.5, 0.6) is 11.8 Å². The molecule has 2 saturated heterocycles. The average molecular weight is 742 g/mol. The Balaban J connectivity index is 1.07. The van der Waals surface area contributed by atoms with Crippen molar-refractivity contribution < 1.29 is 19.1 Å². The van der Waals surface area contributed by atoms with E-state index in [-0.39, 0.29) is 36.0 Å². The van der Waals surface area contributed by atoms with Gasteiger partial charge in [0.15, 0.2) is 0 Å². The Morgan fingerprint density at radius 2 is 1.08 bits per heavy atom. The minimum absolute atomic E-state index is 0.0992. The summed E-state index contributed by atoms with van der Waals surface area (Å²) in [4.78, 5) is 33.3. The summed E-state index contributed by atoms with van der Waals surface area (Å²) in [6.45, 7) is 1.42. The van der Waals surface area contributed by atoms with E-state index in [1.165, 1.54) is 11.1 Å². The second-order valence-electron chi connectivity index (χ2n) is 14.1. The lowest BCUT2D eigenvalue weighted by atomic mass is 9.97. The van der Waals surface area contributed by atoms with Crippen LogP contribution in [-0.4, -0.2) is 61.2 Å². The Morgan fingerprint density at radius 3 is 1.46 bits per heavy atom. The van der Waals surface area contributed by atoms with Crippen LogP contribution >= 0.6 is 23.2 Å². The van der Waals surface area contributed by atoms with Gasteiger partial charge in [-0.1, -0.05) is 59.6 Å². The second kappa shape index (κ2) is 14.7. The summed E-state index contributed by atoms with van der Waals surface area (Å²) < 4.78 is 11.7. The standard InChI is InChI=1S/C40H42Cl2N6O4/c1-51-39-35-21(9-13-29(35)43-19-23-11-15-33(49)45-23)17-31(47-39)27-7-3-5-25(37(27)41)26-6-4-8-28(38(26)42)32-18-22-10-14-30(36(22)40(48-32)52-2)44-20-24-12-16-34(50)46-24/h3-8,17-18,23-24,29-30,43-44H,9-16,19-20H2,1-2H3,(H,45,49)(H,46,50)/t23-,24-,29+,30?/m0/s1. The number of hydrogen-bond donors (Lipinski definition) is 4. The zero-order chi connectivity index (χ0) is 35.9. The second-order valence-corrected chi connectivity index (χ2v) is 14.9. The van der Waals surface area contributed by atoms with E-state index in [1.807, 2.05) is 36.4 Å². The molecule has 2 aliphatic heterocycles. The average Bonchev–Trinajstić information content (AvgIpc) is 3.96. The van der Waals surface area contributed by atoms with E-state index in [9.17, 15) is 9.59 Å². The smallest absolute Gasteiger partial charge is 0.220 e. The number of methoxy groups -OCH3 is 2. The number of nitrogens with one attached hydrogen (secondary N) is 4. The molecule has 52 heavy (non-hydrogen) atoms. The number of carbonyl (C=O) groups excluding carboxylic acids is 2. The molecule has 4 atom stereocenters. The molecule has 0 saturated carbocycles. The molecule has 12 heteroatoms. The monoisotopic (exact) mass is 740 g/mol. The first-order valence-corrected chi connectivity index (χ1v) is 18.9. The highest BCUT2D eigenvalue weighted by Crippen LogP contribution is 2.46. The maximum Gasteiger partial charge on any atom is 0.220 e. The van der Waals surface area contributed by atoms with Crippen LogP contribution in [0.2, 0.25) is 10.0 Å². The van der Waals surface area contributed by atoms with E-state index >= 15 is 0 Å². The minimum Gasteiger partial charge on any atom is -0.481 e. The first kappa shape index (κ1) is 34.8. The van der Waals surface area contributed by atoms with Crippen LogP contribution in [0.3, 0.4) is 0 Å². The van der Waals surface area contributed by atoms with Gasteiger partial charge in [-0.15, -0.1) is 0 Å². The molecule has 10 nitrogen and oxygen atoms in total. The third kappa shape index (κ3) is 6.62. The number of carbonyl (C=O) groups is 2. The molecule has 270 valence electrons. The Kier molecular flexibility index (Phi) is 9.82. The summed E-state index contributed by atoms with van der Waals surface area (Å²) in [6.07, 6.45) is 6.48. The molecule has 2 aromatic carbocycles. The fourth-order valence-electron chi connectivity index (χ4n) is 8.31. The molecular weight excluding hydrogens is 699 g/mol. The maximum absolute atomic E-state index is 11.7. The fraction of sp³-hybridized carbons (Fsp3) is 0.400. The number of aromatic nitrogens is 2. The summed E-state index contributed by atoms with van der Waals surface area (Å²) in [5.41, 5.74) is 9.14. The Labute approximate surface area is 313 Å². The van der Waals surface area contributed by atoms with Crippen LogP contribution in [0.4, 0.5) is 0 Å². The van der Waals surface area contributed by atoms with Crippen molar-refractivity contribution >= 4 is 35.0 Å². The highest BCUT2D eigenvalue weighted by atomic mass is 35.5. The van der Waals surface area contributed by atoms with Crippen LogP contribution in [0.15, 0.2) is 48.5 Å². The van der Waals surface area contributed by atoms with E-state index < -0.39 is 0 Å². The summed E-state index contributed by atoms with van der Waals surface area (Å²) in [5.74, 6) is 1.40. The molecule has 4 N–H and O–H groups in total. The molecule has 2 aliphatic carbocycles. The SMILES string of the molecule is COc1nc(-c2cccc(-c3cccc(-c4cc5c(c(OC)n4)[C@H](NC[C@@H]4CCC(=O)N4)CC5)c3Cl)c2Cl)cc2c1C(NC[C@@H]1CCC(=O)N1)CC2. The van der Waals surface area contributed by atoms with Crippen LogP contribution in [0.25, 0.3) is 33.6 Å². The summed E-state index contributed by atoms with van der Waals surface area (Å²) in [5, 5.41) is 14.4. The number of benzene rings is 2. The molecule has 4 aromatic rings. The zero-order valence-electron chi connectivity index (χ0n) is 29.3. The first-order valence-electron chi connectivity index (χ1n) is 18.1. The minimum atomic E-state index is 0.0992. The van der Waals surface area contributed by atoms with E-state index in [1.54, 1.807) is 14.2 Å². The number of amides is 2. The molecule has 8 rings (SSSR count). The third-order valence-electron chi connectivity index (χ3n) is 10.9. The van der Waals surface area contributed by atoms with E-state index in [2.05, 4.69) is 33.4 Å². The molecule has 4 aliphatic rings. The van der Waals surface area contributed by atoms with Crippen LogP contribution < -0.4 is 30.7 Å². The molecule has 0 spiro atoms. The lowest BCUT2D eigenvalue weighted by molar-refractivity contribution is -0.120. The first-order chi connectivity index (χ1) is 25.3. The third-order valence-corrected chi connectivity index (χ3v) is 11.8. The molecule has 2 fully saturated rings. The van der Waals surface area contributed by atoms with E-state index in [0.29, 0.717) is 47.7 Å². The zero-order valence-corrected chi connectivity index (χ0v) is 30.8. The van der Waals surface area contributed by atoms with Crippen LogP contribution in [0, 0.1) is 0 Å². The quantitative estimate of drug-likeness (QED) is 0.137. The highest BCUT2D eigenvalue weighted by molar-refractivity contribution is 6.39. The maximum atomic E-state index is 11.7. The van der Waals surface area contributed by atoms with Crippen molar-refractivity contribution in [1.82, 2.24) is 31.2 Å². The summed E-state index contributed by atoms with van der Waals surface area (Å²) >= 11 is 14.5. The largest absolute Gasteiger partial charge is 0.481 e. The number of nitrogens with zero attached hydrogens (tertiary/aromatic N) is 2. The lowest BCUT2D eigenvalue weighted by Gasteiger charge is -2.20. The van der Waals surface area contributed by atoms with Crippen molar-refractivity contribution in [2.75, 3.05) is 27.3 Å². The normalized spacial score (nSPS) is 21.9. The Morgan fingerprint density at radius 1 is 0.654 bits per heavy atom. The predicted octanol–water partition coefficient (Wildman–Crippen LogP) is 6.51. The van der Waals surface area contributed by atoms with Crippen molar-refractivity contribution in [2.45, 2.75) is 75.5 Å². The van der Waals surface area contributed by atoms with Crippen molar-refractivity contribution in [3.05, 3.63) is 80.8 Å². The molecule has 0 bridgehead atoms. The van der Waals surface area contributed by atoms with Crippen molar-refractivity contribution in [2.24, 2.45) is 0 Å². The van der Waals surface area contributed by atoms with Crippen molar-refractivity contribution in [3.63, 3.8) is 0 Å². The van der Waals surface area contributed by atoms with E-state index in [0.717, 1.165) is 83.3 Å². The highest BCUT2D eigenvalue weighted by Gasteiger charge is 2.32. The number of rotatable bonds is 11. The summed E-state index contributed by atoms with van der Waals surface area (Å²) in [7, 11) is 3.30.